The van der Waals surface area contributed by atoms with Crippen LogP contribution in [-0.4, -0.2) is 30.0 Å². The van der Waals surface area contributed by atoms with Crippen LogP contribution in [0.5, 0.6) is 5.75 Å². The molecule has 0 aliphatic rings. The van der Waals surface area contributed by atoms with Crippen molar-refractivity contribution in [3.63, 3.8) is 0 Å². The predicted octanol–water partition coefficient (Wildman–Crippen LogP) is 4.71. The molecule has 0 spiro atoms. The number of thiazole rings is 2. The van der Waals surface area contributed by atoms with Gasteiger partial charge in [-0.1, -0.05) is 23.5 Å². The van der Waals surface area contributed by atoms with E-state index in [0.29, 0.717) is 10.8 Å². The Labute approximate surface area is 158 Å². The first-order valence-corrected chi connectivity index (χ1v) is 9.59. The number of hydrogen-bond acceptors (Lipinski definition) is 6. The molecule has 0 radical (unpaired) electrons. The molecule has 0 atom stereocenters. The minimum absolute atomic E-state index is 0.167. The Balaban J connectivity index is 1.58. The highest BCUT2D eigenvalue weighted by atomic mass is 32.1. The van der Waals surface area contributed by atoms with Gasteiger partial charge in [-0.15, -0.1) is 11.3 Å². The first-order valence-electron chi connectivity index (χ1n) is 7.89. The fourth-order valence-corrected chi connectivity index (χ4v) is 4.23. The van der Waals surface area contributed by atoms with Crippen molar-refractivity contribution in [2.45, 2.75) is 0 Å². The normalized spacial score (nSPS) is 10.8. The van der Waals surface area contributed by atoms with Crippen molar-refractivity contribution >= 4 is 43.9 Å². The molecule has 7 heteroatoms. The van der Waals surface area contributed by atoms with E-state index in [1.807, 2.05) is 48.5 Å². The van der Waals surface area contributed by atoms with Crippen LogP contribution < -0.4 is 9.64 Å². The number of ether oxygens (including phenoxy) is 1. The van der Waals surface area contributed by atoms with E-state index in [-0.39, 0.29) is 5.91 Å². The molecule has 4 rings (SSSR count). The summed E-state index contributed by atoms with van der Waals surface area (Å²) in [7, 11) is 3.36. The fraction of sp³-hybridized carbons (Fsp3) is 0.105. The highest BCUT2D eigenvalue weighted by Crippen LogP contribution is 2.30. The molecule has 0 bridgehead atoms. The smallest absolute Gasteiger partial charge is 0.279 e. The fourth-order valence-electron chi connectivity index (χ4n) is 2.50. The van der Waals surface area contributed by atoms with Gasteiger partial charge in [0.2, 0.25) is 0 Å². The number of benzene rings is 2. The predicted molar refractivity (Wildman–Crippen MR) is 106 cm³/mol. The van der Waals surface area contributed by atoms with Gasteiger partial charge in [0.1, 0.15) is 16.5 Å². The van der Waals surface area contributed by atoms with Gasteiger partial charge >= 0.3 is 0 Å². The summed E-state index contributed by atoms with van der Waals surface area (Å²) in [5.41, 5.74) is 2.27. The molecule has 130 valence electrons. The summed E-state index contributed by atoms with van der Waals surface area (Å²) in [6.45, 7) is 0. The third-order valence-corrected chi connectivity index (χ3v) is 5.94. The Morgan fingerprint density at radius 1 is 1.08 bits per heavy atom. The standard InChI is InChI=1S/C19H15N3O2S2/c1-22(19-21-14-5-3-4-6-16(14)26-19)18(23)15-11-25-17(20-15)12-7-9-13(24-2)10-8-12/h3-11H,1-2H3. The first kappa shape index (κ1) is 16.7. The summed E-state index contributed by atoms with van der Waals surface area (Å²) in [6, 6.07) is 15.5. The lowest BCUT2D eigenvalue weighted by Gasteiger charge is -2.11. The van der Waals surface area contributed by atoms with E-state index in [4.69, 9.17) is 4.74 Å². The lowest BCUT2D eigenvalue weighted by Crippen LogP contribution is -2.26. The Kier molecular flexibility index (Phi) is 4.40. The Morgan fingerprint density at radius 2 is 1.85 bits per heavy atom. The molecular weight excluding hydrogens is 366 g/mol. The van der Waals surface area contributed by atoms with Crippen molar-refractivity contribution < 1.29 is 9.53 Å². The summed E-state index contributed by atoms with van der Waals surface area (Å²) in [5.74, 6) is 0.622. The molecule has 1 amide bonds. The van der Waals surface area contributed by atoms with Gasteiger partial charge in [-0.25, -0.2) is 9.97 Å². The van der Waals surface area contributed by atoms with Crippen LogP contribution in [0.1, 0.15) is 10.5 Å². The molecule has 0 N–H and O–H groups in total. The van der Waals surface area contributed by atoms with Crippen molar-refractivity contribution in [3.05, 3.63) is 59.6 Å². The second-order valence-electron chi connectivity index (χ2n) is 5.59. The van der Waals surface area contributed by atoms with Crippen LogP contribution in [0.15, 0.2) is 53.9 Å². The number of carbonyl (C=O) groups excluding carboxylic acids is 1. The zero-order chi connectivity index (χ0) is 18.1. The highest BCUT2D eigenvalue weighted by molar-refractivity contribution is 7.22. The van der Waals surface area contributed by atoms with E-state index in [2.05, 4.69) is 9.97 Å². The van der Waals surface area contributed by atoms with Crippen molar-refractivity contribution in [1.82, 2.24) is 9.97 Å². The first-order chi connectivity index (χ1) is 12.7. The number of nitrogens with zero attached hydrogens (tertiary/aromatic N) is 3. The quantitative estimate of drug-likeness (QED) is 0.514. The molecule has 0 unspecified atom stereocenters. The number of methoxy groups -OCH3 is 1. The Morgan fingerprint density at radius 3 is 2.58 bits per heavy atom. The lowest BCUT2D eigenvalue weighted by molar-refractivity contribution is 0.0989. The summed E-state index contributed by atoms with van der Waals surface area (Å²) < 4.78 is 6.23. The van der Waals surface area contributed by atoms with Crippen molar-refractivity contribution in [3.8, 4) is 16.3 Å². The summed E-state index contributed by atoms with van der Waals surface area (Å²) >= 11 is 2.94. The number of fused-ring (bicyclic) bond motifs is 1. The van der Waals surface area contributed by atoms with Crippen LogP contribution in [0.25, 0.3) is 20.8 Å². The number of amides is 1. The molecule has 0 aliphatic heterocycles. The van der Waals surface area contributed by atoms with E-state index in [1.165, 1.54) is 22.7 Å². The number of aromatic nitrogens is 2. The maximum Gasteiger partial charge on any atom is 0.279 e. The van der Waals surface area contributed by atoms with Gasteiger partial charge < -0.3 is 4.74 Å². The molecule has 2 aromatic heterocycles. The van der Waals surface area contributed by atoms with E-state index in [1.54, 1.807) is 24.4 Å². The number of para-hydroxylation sites is 1. The topological polar surface area (TPSA) is 55.3 Å². The molecule has 0 aliphatic carbocycles. The molecule has 2 heterocycles. The van der Waals surface area contributed by atoms with Crippen LogP contribution in [0.4, 0.5) is 5.13 Å². The third-order valence-electron chi connectivity index (χ3n) is 3.93. The van der Waals surface area contributed by atoms with E-state index in [9.17, 15) is 4.79 Å². The van der Waals surface area contributed by atoms with Gasteiger partial charge in [-0.2, -0.15) is 0 Å². The molecule has 0 saturated carbocycles. The maximum absolute atomic E-state index is 12.8. The molecule has 0 saturated heterocycles. The molecule has 26 heavy (non-hydrogen) atoms. The van der Waals surface area contributed by atoms with Gasteiger partial charge in [0, 0.05) is 18.0 Å². The molecule has 0 fully saturated rings. The largest absolute Gasteiger partial charge is 0.497 e. The van der Waals surface area contributed by atoms with Gasteiger partial charge in [-0.05, 0) is 36.4 Å². The SMILES string of the molecule is COc1ccc(-c2nc(C(=O)N(C)c3nc4ccccc4s3)cs2)cc1. The van der Waals surface area contributed by atoms with Crippen LogP contribution in [0.2, 0.25) is 0 Å². The van der Waals surface area contributed by atoms with Gasteiger partial charge in [0.15, 0.2) is 5.13 Å². The summed E-state index contributed by atoms with van der Waals surface area (Å²) in [6.07, 6.45) is 0. The maximum atomic E-state index is 12.8. The Hall–Kier alpha value is -2.77. The van der Waals surface area contributed by atoms with E-state index < -0.39 is 0 Å². The monoisotopic (exact) mass is 381 g/mol. The zero-order valence-electron chi connectivity index (χ0n) is 14.2. The number of rotatable bonds is 4. The molecule has 2 aromatic carbocycles. The van der Waals surface area contributed by atoms with Crippen molar-refractivity contribution in [1.29, 1.82) is 0 Å². The van der Waals surface area contributed by atoms with Crippen LogP contribution in [0, 0.1) is 0 Å². The van der Waals surface area contributed by atoms with E-state index >= 15 is 0 Å². The average Bonchev–Trinajstić information content (AvgIpc) is 3.34. The molecular formula is C19H15N3O2S2. The van der Waals surface area contributed by atoms with Gasteiger partial charge in [-0.3, -0.25) is 9.69 Å². The van der Waals surface area contributed by atoms with E-state index in [0.717, 1.165) is 26.5 Å². The second kappa shape index (κ2) is 6.86. The summed E-state index contributed by atoms with van der Waals surface area (Å²) in [5, 5.41) is 3.25. The molecule has 4 aromatic rings. The highest BCUT2D eigenvalue weighted by Gasteiger charge is 2.20. The number of carbonyl (C=O) groups is 1. The van der Waals surface area contributed by atoms with Crippen LogP contribution >= 0.6 is 22.7 Å². The molecule has 5 nitrogen and oxygen atoms in total. The Bertz CT molecular complexity index is 1040. The average molecular weight is 381 g/mol. The van der Waals surface area contributed by atoms with Crippen molar-refractivity contribution in [2.24, 2.45) is 0 Å². The van der Waals surface area contributed by atoms with Crippen LogP contribution in [-0.2, 0) is 0 Å². The zero-order valence-corrected chi connectivity index (χ0v) is 15.8. The second-order valence-corrected chi connectivity index (χ2v) is 7.46. The minimum atomic E-state index is -0.167. The third kappa shape index (κ3) is 3.07. The van der Waals surface area contributed by atoms with Gasteiger partial charge in [0.25, 0.3) is 5.91 Å². The van der Waals surface area contributed by atoms with Crippen molar-refractivity contribution in [2.75, 3.05) is 19.1 Å². The van der Waals surface area contributed by atoms with Gasteiger partial charge in [0.05, 0.1) is 17.3 Å². The summed E-state index contributed by atoms with van der Waals surface area (Å²) in [4.78, 5) is 23.4. The lowest BCUT2D eigenvalue weighted by atomic mass is 10.2. The van der Waals surface area contributed by atoms with Crippen LogP contribution in [0.3, 0.4) is 0 Å². The number of anilines is 1. The number of hydrogen-bond donors (Lipinski definition) is 0. The minimum Gasteiger partial charge on any atom is -0.497 e.